The topological polar surface area (TPSA) is 44.9 Å². The second-order valence-electron chi connectivity index (χ2n) is 5.69. The molecule has 0 radical (unpaired) electrons. The van der Waals surface area contributed by atoms with Crippen LogP contribution in [0.25, 0.3) is 10.9 Å². The summed E-state index contributed by atoms with van der Waals surface area (Å²) in [6.45, 7) is 4.82. The SMILES string of the molecule is Cc1[nH]c2c(C)cc(Cl)cc2c1CCNC(=O)C1CC1. The lowest BCUT2D eigenvalue weighted by Gasteiger charge is -2.05. The van der Waals surface area contributed by atoms with E-state index in [4.69, 9.17) is 11.6 Å². The van der Waals surface area contributed by atoms with Gasteiger partial charge in [0.1, 0.15) is 0 Å². The minimum absolute atomic E-state index is 0.205. The lowest BCUT2D eigenvalue weighted by molar-refractivity contribution is -0.122. The molecule has 1 fully saturated rings. The molecular weight excluding hydrogens is 272 g/mol. The molecule has 1 heterocycles. The maximum absolute atomic E-state index is 11.7. The van der Waals surface area contributed by atoms with Gasteiger partial charge in [-0.05, 0) is 56.4 Å². The van der Waals surface area contributed by atoms with Crippen molar-refractivity contribution in [1.82, 2.24) is 10.3 Å². The monoisotopic (exact) mass is 290 g/mol. The molecule has 0 atom stereocenters. The Balaban J connectivity index is 1.79. The summed E-state index contributed by atoms with van der Waals surface area (Å²) in [7, 11) is 0. The number of aromatic amines is 1. The van der Waals surface area contributed by atoms with E-state index in [1.165, 1.54) is 10.9 Å². The van der Waals surface area contributed by atoms with Crippen LogP contribution < -0.4 is 5.32 Å². The van der Waals surface area contributed by atoms with Gasteiger partial charge < -0.3 is 10.3 Å². The van der Waals surface area contributed by atoms with Crippen molar-refractivity contribution in [3.05, 3.63) is 34.0 Å². The third kappa shape index (κ3) is 2.55. The van der Waals surface area contributed by atoms with Crippen LogP contribution in [0.3, 0.4) is 0 Å². The fraction of sp³-hybridized carbons (Fsp3) is 0.438. The highest BCUT2D eigenvalue weighted by Gasteiger charge is 2.29. The Morgan fingerprint density at radius 3 is 2.85 bits per heavy atom. The first-order chi connectivity index (χ1) is 9.56. The van der Waals surface area contributed by atoms with Crippen LogP contribution in [0.1, 0.15) is 29.7 Å². The van der Waals surface area contributed by atoms with Crippen LogP contribution in [0.5, 0.6) is 0 Å². The maximum Gasteiger partial charge on any atom is 0.223 e. The van der Waals surface area contributed by atoms with Crippen molar-refractivity contribution in [2.75, 3.05) is 6.54 Å². The van der Waals surface area contributed by atoms with E-state index in [1.54, 1.807) is 0 Å². The minimum Gasteiger partial charge on any atom is -0.358 e. The van der Waals surface area contributed by atoms with Crippen molar-refractivity contribution in [1.29, 1.82) is 0 Å². The summed E-state index contributed by atoms with van der Waals surface area (Å²) in [5.41, 5.74) is 4.71. The number of aryl methyl sites for hydroxylation is 2. The quantitative estimate of drug-likeness (QED) is 0.889. The van der Waals surface area contributed by atoms with Gasteiger partial charge in [0.15, 0.2) is 0 Å². The molecule has 0 aliphatic heterocycles. The van der Waals surface area contributed by atoms with Gasteiger partial charge >= 0.3 is 0 Å². The Bertz CT molecular complexity index is 671. The molecule has 0 spiro atoms. The number of aromatic nitrogens is 1. The van der Waals surface area contributed by atoms with Gasteiger partial charge in [-0.15, -0.1) is 0 Å². The summed E-state index contributed by atoms with van der Waals surface area (Å²) in [6, 6.07) is 3.98. The average molecular weight is 291 g/mol. The first-order valence-corrected chi connectivity index (χ1v) is 7.49. The normalized spacial score (nSPS) is 14.8. The number of hydrogen-bond donors (Lipinski definition) is 2. The van der Waals surface area contributed by atoms with Gasteiger partial charge in [0.05, 0.1) is 0 Å². The number of carbonyl (C=O) groups is 1. The van der Waals surface area contributed by atoms with E-state index in [0.717, 1.165) is 41.1 Å². The summed E-state index contributed by atoms with van der Waals surface area (Å²) in [6.07, 6.45) is 2.93. The molecule has 1 aliphatic carbocycles. The lowest BCUT2D eigenvalue weighted by Crippen LogP contribution is -2.27. The third-order valence-corrected chi connectivity index (χ3v) is 4.23. The number of rotatable bonds is 4. The molecule has 1 saturated carbocycles. The average Bonchev–Trinajstić information content (AvgIpc) is 3.17. The molecule has 1 aromatic carbocycles. The Labute approximate surface area is 123 Å². The summed E-state index contributed by atoms with van der Waals surface area (Å²) in [5.74, 6) is 0.479. The standard InChI is InChI=1S/C16H19ClN2O/c1-9-7-12(17)8-14-13(10(2)19-15(9)14)5-6-18-16(20)11-3-4-11/h7-8,11,19H,3-6H2,1-2H3,(H,18,20). The minimum atomic E-state index is 0.205. The van der Waals surface area contributed by atoms with Gasteiger partial charge in [-0.2, -0.15) is 0 Å². The summed E-state index contributed by atoms with van der Waals surface area (Å²) < 4.78 is 0. The van der Waals surface area contributed by atoms with Gasteiger partial charge in [0, 0.05) is 34.1 Å². The van der Waals surface area contributed by atoms with E-state index in [9.17, 15) is 4.79 Å². The van der Waals surface area contributed by atoms with E-state index >= 15 is 0 Å². The van der Waals surface area contributed by atoms with Crippen LogP contribution >= 0.6 is 11.6 Å². The molecule has 0 bridgehead atoms. The van der Waals surface area contributed by atoms with Crippen molar-refractivity contribution < 1.29 is 4.79 Å². The maximum atomic E-state index is 11.7. The molecule has 1 amide bonds. The molecule has 1 aromatic heterocycles. The van der Waals surface area contributed by atoms with Gasteiger partial charge in [-0.3, -0.25) is 4.79 Å². The molecule has 0 saturated heterocycles. The molecular formula is C16H19ClN2O. The Morgan fingerprint density at radius 1 is 1.40 bits per heavy atom. The second kappa shape index (κ2) is 5.13. The molecule has 20 heavy (non-hydrogen) atoms. The molecule has 3 nitrogen and oxygen atoms in total. The van der Waals surface area contributed by atoms with Crippen LogP contribution in [0.2, 0.25) is 5.02 Å². The van der Waals surface area contributed by atoms with E-state index in [1.807, 2.05) is 12.1 Å². The van der Waals surface area contributed by atoms with Crippen molar-refractivity contribution >= 4 is 28.4 Å². The van der Waals surface area contributed by atoms with Crippen molar-refractivity contribution in [3.63, 3.8) is 0 Å². The van der Waals surface area contributed by atoms with E-state index < -0.39 is 0 Å². The molecule has 3 rings (SSSR count). The summed E-state index contributed by atoms with van der Waals surface area (Å²) >= 11 is 6.16. The fourth-order valence-corrected chi connectivity index (χ4v) is 3.01. The molecule has 2 aromatic rings. The number of carbonyl (C=O) groups excluding carboxylic acids is 1. The fourth-order valence-electron chi connectivity index (χ4n) is 2.73. The summed E-state index contributed by atoms with van der Waals surface area (Å²) in [4.78, 5) is 15.1. The van der Waals surface area contributed by atoms with Crippen LogP contribution in [0.15, 0.2) is 12.1 Å². The van der Waals surface area contributed by atoms with Crippen molar-refractivity contribution in [2.45, 2.75) is 33.1 Å². The number of nitrogens with one attached hydrogen (secondary N) is 2. The van der Waals surface area contributed by atoms with Crippen molar-refractivity contribution in [2.24, 2.45) is 5.92 Å². The highest BCUT2D eigenvalue weighted by Crippen LogP contribution is 2.30. The zero-order valence-corrected chi connectivity index (χ0v) is 12.6. The molecule has 106 valence electrons. The van der Waals surface area contributed by atoms with E-state index in [0.29, 0.717) is 6.54 Å². The number of H-pyrrole nitrogens is 1. The number of amides is 1. The van der Waals surface area contributed by atoms with Gasteiger partial charge in [0.25, 0.3) is 0 Å². The lowest BCUT2D eigenvalue weighted by atomic mass is 10.1. The smallest absolute Gasteiger partial charge is 0.223 e. The number of benzene rings is 1. The van der Waals surface area contributed by atoms with Crippen LogP contribution in [0.4, 0.5) is 0 Å². The number of hydrogen-bond acceptors (Lipinski definition) is 1. The predicted molar refractivity (Wildman–Crippen MR) is 82.2 cm³/mol. The predicted octanol–water partition coefficient (Wildman–Crippen LogP) is 3.51. The second-order valence-corrected chi connectivity index (χ2v) is 6.13. The van der Waals surface area contributed by atoms with Gasteiger partial charge in [0.2, 0.25) is 5.91 Å². The molecule has 1 aliphatic rings. The van der Waals surface area contributed by atoms with Crippen molar-refractivity contribution in [3.8, 4) is 0 Å². The summed E-state index contributed by atoms with van der Waals surface area (Å²) in [5, 5.41) is 4.95. The first-order valence-electron chi connectivity index (χ1n) is 7.11. The zero-order chi connectivity index (χ0) is 14.3. The Hall–Kier alpha value is -1.48. The van der Waals surface area contributed by atoms with Gasteiger partial charge in [-0.25, -0.2) is 0 Å². The Morgan fingerprint density at radius 2 is 2.15 bits per heavy atom. The highest BCUT2D eigenvalue weighted by atomic mass is 35.5. The third-order valence-electron chi connectivity index (χ3n) is 4.01. The number of halogens is 1. The van der Waals surface area contributed by atoms with Gasteiger partial charge in [-0.1, -0.05) is 11.6 Å². The van der Waals surface area contributed by atoms with Crippen LogP contribution in [0, 0.1) is 19.8 Å². The highest BCUT2D eigenvalue weighted by molar-refractivity contribution is 6.31. The molecule has 0 unspecified atom stereocenters. The van der Waals surface area contributed by atoms with Crippen LogP contribution in [-0.4, -0.2) is 17.4 Å². The Kier molecular flexibility index (Phi) is 3.47. The number of fused-ring (bicyclic) bond motifs is 1. The molecule has 4 heteroatoms. The zero-order valence-electron chi connectivity index (χ0n) is 11.8. The van der Waals surface area contributed by atoms with Crippen LogP contribution in [-0.2, 0) is 11.2 Å². The van der Waals surface area contributed by atoms with E-state index in [-0.39, 0.29) is 11.8 Å². The largest absolute Gasteiger partial charge is 0.358 e. The van der Waals surface area contributed by atoms with E-state index in [2.05, 4.69) is 24.1 Å². The molecule has 2 N–H and O–H groups in total. The first kappa shape index (κ1) is 13.5.